The van der Waals surface area contributed by atoms with Gasteiger partial charge in [0.15, 0.2) is 9.84 Å². The highest BCUT2D eigenvalue weighted by molar-refractivity contribution is 7.92. The van der Waals surface area contributed by atoms with Crippen molar-refractivity contribution in [2.45, 2.75) is 61.7 Å². The number of sulfone groups is 1. The van der Waals surface area contributed by atoms with Gasteiger partial charge in [0.2, 0.25) is 11.9 Å². The molecule has 0 aromatic carbocycles. The summed E-state index contributed by atoms with van der Waals surface area (Å²) >= 11 is 0. The van der Waals surface area contributed by atoms with Crippen molar-refractivity contribution in [1.29, 1.82) is 0 Å². The predicted molar refractivity (Wildman–Crippen MR) is 200 cm³/mol. The number of halogens is 1. The summed E-state index contributed by atoms with van der Waals surface area (Å²) in [5.41, 5.74) is 0.916. The molecule has 5 saturated heterocycles. The molecule has 3 aromatic rings. The molecule has 8 rings (SSSR count). The van der Waals surface area contributed by atoms with Crippen LogP contribution in [0.1, 0.15) is 43.7 Å². The number of anilines is 4. The Bertz CT molecular complexity index is 1940. The van der Waals surface area contributed by atoms with Crippen LogP contribution in [0.4, 0.5) is 27.8 Å². The van der Waals surface area contributed by atoms with Crippen LogP contribution in [0, 0.1) is 5.92 Å². The molecule has 8 heterocycles. The van der Waals surface area contributed by atoms with Gasteiger partial charge in [-0.05, 0) is 55.7 Å². The maximum atomic E-state index is 14.7. The molecule has 0 bridgehead atoms. The van der Waals surface area contributed by atoms with Crippen LogP contribution in [0.3, 0.4) is 0 Å². The summed E-state index contributed by atoms with van der Waals surface area (Å²) in [7, 11) is -1.68. The molecule has 5 aliphatic rings. The van der Waals surface area contributed by atoms with Crippen molar-refractivity contribution in [3.63, 3.8) is 0 Å². The highest BCUT2D eigenvalue weighted by Crippen LogP contribution is 2.41. The zero-order valence-corrected chi connectivity index (χ0v) is 31.0. The number of piperidine rings is 1. The Morgan fingerprint density at radius 2 is 1.83 bits per heavy atom. The molecule has 0 spiro atoms. The number of aromatic nitrogens is 4. The average Bonchev–Trinajstić information content (AvgIpc) is 3.65. The van der Waals surface area contributed by atoms with E-state index in [1.165, 1.54) is 13.2 Å². The molecule has 1 N–H and O–H groups in total. The van der Waals surface area contributed by atoms with E-state index in [1.807, 2.05) is 22.1 Å². The number of carbonyl (C=O) groups is 1. The number of likely N-dealkylation sites (tertiary alicyclic amines) is 1. The van der Waals surface area contributed by atoms with Gasteiger partial charge in [-0.1, -0.05) is 6.58 Å². The topological polar surface area (TPSA) is 146 Å². The summed E-state index contributed by atoms with van der Waals surface area (Å²) in [5.74, 6) is 2.31. The lowest BCUT2D eigenvalue weighted by molar-refractivity contribution is -0.126. The third-order valence-corrected chi connectivity index (χ3v) is 14.0. The molecule has 0 saturated carbocycles. The van der Waals surface area contributed by atoms with Gasteiger partial charge in [0.25, 0.3) is 0 Å². The van der Waals surface area contributed by atoms with Crippen molar-refractivity contribution in [2.75, 3.05) is 87.0 Å². The smallest absolute Gasteiger partial charge is 0.246 e. The number of methoxy groups -OCH3 is 1. The largest absolute Gasteiger partial charge is 0.381 e. The average molecular weight is 750 g/mol. The van der Waals surface area contributed by atoms with E-state index in [2.05, 4.69) is 31.7 Å². The van der Waals surface area contributed by atoms with E-state index in [9.17, 15) is 17.6 Å². The fourth-order valence-corrected chi connectivity index (χ4v) is 10.8. The molecular formula is C37H48FN9O5S. The van der Waals surface area contributed by atoms with Gasteiger partial charge < -0.3 is 29.5 Å². The summed E-state index contributed by atoms with van der Waals surface area (Å²) in [4.78, 5) is 39.9. The number of fused-ring (bicyclic) bond motifs is 1. The van der Waals surface area contributed by atoms with Crippen molar-refractivity contribution in [3.8, 4) is 0 Å². The molecule has 5 aliphatic heterocycles. The maximum absolute atomic E-state index is 14.7. The second-order valence-electron chi connectivity index (χ2n) is 14.8. The first-order valence-corrected chi connectivity index (χ1v) is 20.5. The van der Waals surface area contributed by atoms with Gasteiger partial charge in [0.1, 0.15) is 23.6 Å². The summed E-state index contributed by atoms with van der Waals surface area (Å²) in [6.07, 6.45) is 9.16. The van der Waals surface area contributed by atoms with Gasteiger partial charge in [0, 0.05) is 101 Å². The Morgan fingerprint density at radius 1 is 1.00 bits per heavy atom. The molecule has 16 heteroatoms. The van der Waals surface area contributed by atoms with Crippen LogP contribution in [-0.4, -0.2) is 140 Å². The van der Waals surface area contributed by atoms with Crippen molar-refractivity contribution < 1.29 is 27.1 Å². The van der Waals surface area contributed by atoms with Gasteiger partial charge >= 0.3 is 0 Å². The van der Waals surface area contributed by atoms with Crippen LogP contribution in [0.25, 0.3) is 10.8 Å². The molecule has 2 unspecified atom stereocenters. The molecule has 1 amide bonds. The lowest BCUT2D eigenvalue weighted by Gasteiger charge is -2.48. The van der Waals surface area contributed by atoms with E-state index >= 15 is 0 Å². The number of pyridine rings is 2. The highest BCUT2D eigenvalue weighted by Gasteiger charge is 2.46. The number of amides is 1. The lowest BCUT2D eigenvalue weighted by Crippen LogP contribution is -2.61. The van der Waals surface area contributed by atoms with E-state index in [-0.39, 0.29) is 30.2 Å². The number of nitrogens with zero attached hydrogens (tertiary/aromatic N) is 8. The van der Waals surface area contributed by atoms with Gasteiger partial charge in [-0.15, -0.1) is 0 Å². The van der Waals surface area contributed by atoms with Crippen LogP contribution in [-0.2, 0) is 24.1 Å². The van der Waals surface area contributed by atoms with Crippen molar-refractivity contribution in [3.05, 3.63) is 48.9 Å². The minimum Gasteiger partial charge on any atom is -0.381 e. The van der Waals surface area contributed by atoms with Crippen LogP contribution in [0.2, 0.25) is 0 Å². The molecular weight excluding hydrogens is 702 g/mol. The van der Waals surface area contributed by atoms with Crippen molar-refractivity contribution in [1.82, 2.24) is 29.7 Å². The number of carbonyl (C=O) groups excluding carboxylic acids is 1. The second-order valence-corrected chi connectivity index (χ2v) is 17.2. The van der Waals surface area contributed by atoms with E-state index in [0.717, 1.165) is 61.1 Å². The quantitative estimate of drug-likeness (QED) is 0.320. The molecule has 0 aliphatic carbocycles. The summed E-state index contributed by atoms with van der Waals surface area (Å²) < 4.78 is 52.2. The first-order chi connectivity index (χ1) is 25.7. The van der Waals surface area contributed by atoms with Crippen molar-refractivity contribution in [2.24, 2.45) is 5.92 Å². The Hall–Kier alpha value is -3.99. The zero-order valence-electron chi connectivity index (χ0n) is 30.1. The molecule has 5 fully saturated rings. The standard InChI is InChI=1S/C37H48FN9O5S/c1-3-35(48)47-11-4-5-30(47)27-18-41-36(46-20-24(21-46)32-23-44(13-16-53(32,49)50)25-8-14-52-15-9-25)28-19-40-34(17-26(27)28)42-33-6-10-39-37(43-33)45-12-7-31(51-2)29(38)22-45/h3,6,10,17-19,24-25,29-32H,1,4-5,7-9,11-16,20-23H2,2H3,(H,39,40,42,43)/t29-,30?,31+,32?/m0/s1. The third kappa shape index (κ3) is 7.18. The predicted octanol–water partition coefficient (Wildman–Crippen LogP) is 3.29. The molecule has 53 heavy (non-hydrogen) atoms. The SMILES string of the molecule is C=CC(=O)N1CCCC1c1cnc(N2CC(C3CN(C4CCOCC4)CCS3(=O)=O)C2)c2cnc(Nc3ccnc(N4CC[C@@H](OC)[C@@H](F)C4)n3)cc12. The van der Waals surface area contributed by atoms with Crippen LogP contribution in [0.15, 0.2) is 43.4 Å². The van der Waals surface area contributed by atoms with Gasteiger partial charge in [0.05, 0.1) is 29.7 Å². The number of hydrogen-bond donors (Lipinski definition) is 1. The molecule has 284 valence electrons. The number of ether oxygens (including phenoxy) is 2. The third-order valence-electron chi connectivity index (χ3n) is 11.8. The number of hydrogen-bond acceptors (Lipinski definition) is 13. The Balaban J connectivity index is 1.06. The number of rotatable bonds is 9. The first kappa shape index (κ1) is 36.0. The van der Waals surface area contributed by atoms with Gasteiger partial charge in [-0.3, -0.25) is 9.69 Å². The lowest BCUT2D eigenvalue weighted by atomic mass is 9.93. The minimum atomic E-state index is -3.21. The number of nitrogens with one attached hydrogen (secondary N) is 1. The molecule has 0 radical (unpaired) electrons. The number of alkyl halides is 1. The Labute approximate surface area is 309 Å². The van der Waals surface area contributed by atoms with Crippen LogP contribution < -0.4 is 15.1 Å². The van der Waals surface area contributed by atoms with E-state index < -0.39 is 27.4 Å². The van der Waals surface area contributed by atoms with E-state index in [0.29, 0.717) is 69.3 Å². The fourth-order valence-electron chi connectivity index (χ4n) is 8.81. The Morgan fingerprint density at radius 3 is 2.60 bits per heavy atom. The maximum Gasteiger partial charge on any atom is 0.246 e. The molecule has 14 nitrogen and oxygen atoms in total. The molecule has 4 atom stereocenters. The second kappa shape index (κ2) is 15.0. The highest BCUT2D eigenvalue weighted by atomic mass is 32.2. The minimum absolute atomic E-state index is 0.00326. The first-order valence-electron chi connectivity index (χ1n) is 18.7. The summed E-state index contributed by atoms with van der Waals surface area (Å²) in [6, 6.07) is 3.90. The normalized spacial score (nSPS) is 27.2. The van der Waals surface area contributed by atoms with E-state index in [1.54, 1.807) is 18.5 Å². The van der Waals surface area contributed by atoms with Gasteiger partial charge in [-0.25, -0.2) is 27.8 Å². The zero-order chi connectivity index (χ0) is 36.7. The van der Waals surface area contributed by atoms with E-state index in [4.69, 9.17) is 19.4 Å². The Kier molecular flexibility index (Phi) is 10.2. The fraction of sp³-hybridized carbons (Fsp3) is 0.595. The van der Waals surface area contributed by atoms with Gasteiger partial charge in [-0.2, -0.15) is 4.98 Å². The summed E-state index contributed by atoms with van der Waals surface area (Å²) in [5, 5.41) is 4.64. The van der Waals surface area contributed by atoms with Crippen molar-refractivity contribution >= 4 is 49.9 Å². The summed E-state index contributed by atoms with van der Waals surface area (Å²) in [6.45, 7) is 8.86. The van der Waals surface area contributed by atoms with Crippen LogP contribution in [0.5, 0.6) is 0 Å². The molecule has 3 aromatic heterocycles. The van der Waals surface area contributed by atoms with Crippen LogP contribution >= 0.6 is 0 Å². The monoisotopic (exact) mass is 749 g/mol.